The molecule has 0 saturated carbocycles. The normalized spacial score (nSPS) is 14.1. The van der Waals surface area contributed by atoms with E-state index < -0.39 is 4.92 Å². The number of nitrogens with two attached hydrogens (primary N) is 1. The van der Waals surface area contributed by atoms with Crippen molar-refractivity contribution in [3.05, 3.63) is 22.1 Å². The Morgan fingerprint density at radius 3 is 2.65 bits per heavy atom. The van der Waals surface area contributed by atoms with Crippen LogP contribution in [0.15, 0.2) is 6.33 Å². The van der Waals surface area contributed by atoms with Gasteiger partial charge >= 0.3 is 5.69 Å². The topological polar surface area (TPSA) is 104 Å². The molecule has 1 heterocycles. The van der Waals surface area contributed by atoms with Crippen molar-refractivity contribution in [1.29, 1.82) is 0 Å². The largest absolute Gasteiger partial charge is 0.476 e. The van der Waals surface area contributed by atoms with Gasteiger partial charge in [-0.3, -0.25) is 10.1 Å². The van der Waals surface area contributed by atoms with E-state index in [9.17, 15) is 10.1 Å². The second-order valence-electron chi connectivity index (χ2n) is 3.75. The van der Waals surface area contributed by atoms with Crippen molar-refractivity contribution in [3.63, 3.8) is 0 Å². The van der Waals surface area contributed by atoms with Crippen LogP contribution in [-0.2, 0) is 0 Å². The average Bonchev–Trinajstić information content (AvgIpc) is 2.28. The van der Waals surface area contributed by atoms with Gasteiger partial charge in [0, 0.05) is 12.0 Å². The second-order valence-corrected chi connectivity index (χ2v) is 3.75. The monoisotopic (exact) mass is 240 g/mol. The maximum Gasteiger partial charge on any atom is 0.352 e. The van der Waals surface area contributed by atoms with Crippen LogP contribution in [0.3, 0.4) is 0 Å². The summed E-state index contributed by atoms with van der Waals surface area (Å²) in [7, 11) is 1.34. The van der Waals surface area contributed by atoms with Gasteiger partial charge < -0.3 is 10.5 Å². The Bertz CT molecular complexity index is 409. The van der Waals surface area contributed by atoms with Crippen molar-refractivity contribution < 1.29 is 9.66 Å². The molecule has 7 heteroatoms. The molecule has 0 spiro atoms. The van der Waals surface area contributed by atoms with E-state index in [1.165, 1.54) is 13.4 Å². The fraction of sp³-hybridized carbons (Fsp3) is 0.600. The van der Waals surface area contributed by atoms with Gasteiger partial charge in [0.25, 0.3) is 5.88 Å². The number of rotatable bonds is 5. The maximum absolute atomic E-state index is 11.0. The van der Waals surface area contributed by atoms with Gasteiger partial charge in [0.05, 0.1) is 12.0 Å². The first-order valence-corrected chi connectivity index (χ1v) is 5.31. The highest BCUT2D eigenvalue weighted by Crippen LogP contribution is 2.34. The summed E-state index contributed by atoms with van der Waals surface area (Å²) in [5.74, 6) is -0.216. The Hall–Kier alpha value is -1.76. The Kier molecular flexibility index (Phi) is 4.33. The van der Waals surface area contributed by atoms with Gasteiger partial charge in [-0.25, -0.2) is 4.98 Å². The summed E-state index contributed by atoms with van der Waals surface area (Å²) < 4.78 is 4.89. The van der Waals surface area contributed by atoms with E-state index in [0.717, 1.165) is 0 Å². The van der Waals surface area contributed by atoms with E-state index >= 15 is 0 Å². The van der Waals surface area contributed by atoms with Gasteiger partial charge in [-0.05, 0) is 13.3 Å². The quantitative estimate of drug-likeness (QED) is 0.613. The minimum Gasteiger partial charge on any atom is -0.476 e. The molecule has 0 aliphatic rings. The molecule has 1 aromatic heterocycles. The molecular weight excluding hydrogens is 224 g/mol. The zero-order chi connectivity index (χ0) is 13.0. The zero-order valence-corrected chi connectivity index (χ0v) is 10.1. The van der Waals surface area contributed by atoms with E-state index in [2.05, 4.69) is 9.97 Å². The Balaban J connectivity index is 3.36. The SMILES string of the molecule is CCC(c1ncnc(OC)c1[N+](=O)[O-])C(C)N. The van der Waals surface area contributed by atoms with Crippen LogP contribution in [0.1, 0.15) is 31.9 Å². The first kappa shape index (κ1) is 13.3. The van der Waals surface area contributed by atoms with Crippen molar-refractivity contribution >= 4 is 5.69 Å². The van der Waals surface area contributed by atoms with Crippen molar-refractivity contribution in [2.24, 2.45) is 5.73 Å². The summed E-state index contributed by atoms with van der Waals surface area (Å²) in [6.07, 6.45) is 1.92. The molecule has 0 radical (unpaired) electrons. The zero-order valence-electron chi connectivity index (χ0n) is 10.1. The van der Waals surface area contributed by atoms with Gasteiger partial charge in [0.15, 0.2) is 0 Å². The van der Waals surface area contributed by atoms with Gasteiger partial charge in [-0.1, -0.05) is 6.92 Å². The van der Waals surface area contributed by atoms with Crippen LogP contribution in [0.5, 0.6) is 5.88 Å². The number of hydrogen-bond acceptors (Lipinski definition) is 6. The fourth-order valence-electron chi connectivity index (χ4n) is 1.78. The number of nitrogens with zero attached hydrogens (tertiary/aromatic N) is 3. The van der Waals surface area contributed by atoms with E-state index in [4.69, 9.17) is 10.5 Å². The maximum atomic E-state index is 11.0. The van der Waals surface area contributed by atoms with E-state index in [1.807, 2.05) is 6.92 Å². The molecule has 1 aromatic rings. The summed E-state index contributed by atoms with van der Waals surface area (Å²) in [4.78, 5) is 18.2. The first-order chi connectivity index (χ1) is 8.02. The van der Waals surface area contributed by atoms with Gasteiger partial charge in [-0.2, -0.15) is 4.98 Å². The number of hydrogen-bond donors (Lipinski definition) is 1. The first-order valence-electron chi connectivity index (χ1n) is 5.31. The van der Waals surface area contributed by atoms with Crippen LogP contribution in [0.2, 0.25) is 0 Å². The summed E-state index contributed by atoms with van der Waals surface area (Å²) >= 11 is 0. The lowest BCUT2D eigenvalue weighted by Crippen LogP contribution is -2.26. The summed E-state index contributed by atoms with van der Waals surface area (Å²) in [6, 6.07) is -0.224. The molecule has 0 saturated heterocycles. The number of ether oxygens (including phenoxy) is 1. The Morgan fingerprint density at radius 2 is 2.24 bits per heavy atom. The van der Waals surface area contributed by atoms with Gasteiger partial charge in [0.2, 0.25) is 0 Å². The minimum atomic E-state index is -0.529. The van der Waals surface area contributed by atoms with Crippen molar-refractivity contribution in [2.75, 3.05) is 7.11 Å². The number of methoxy groups -OCH3 is 1. The predicted molar refractivity (Wildman–Crippen MR) is 61.9 cm³/mol. The van der Waals surface area contributed by atoms with Crippen LogP contribution in [0, 0.1) is 10.1 Å². The lowest BCUT2D eigenvalue weighted by molar-refractivity contribution is -0.387. The molecule has 1 rings (SSSR count). The van der Waals surface area contributed by atoms with Crippen molar-refractivity contribution in [3.8, 4) is 5.88 Å². The smallest absolute Gasteiger partial charge is 0.352 e. The third kappa shape index (κ3) is 2.68. The van der Waals surface area contributed by atoms with E-state index in [-0.39, 0.29) is 23.5 Å². The molecule has 0 aliphatic heterocycles. The third-order valence-corrected chi connectivity index (χ3v) is 2.62. The highest BCUT2D eigenvalue weighted by Gasteiger charge is 2.30. The van der Waals surface area contributed by atoms with E-state index in [0.29, 0.717) is 12.1 Å². The molecule has 7 nitrogen and oxygen atoms in total. The highest BCUT2D eigenvalue weighted by molar-refractivity contribution is 5.46. The van der Waals surface area contributed by atoms with Crippen LogP contribution < -0.4 is 10.5 Å². The Morgan fingerprint density at radius 1 is 1.59 bits per heavy atom. The predicted octanol–water partition coefficient (Wildman–Crippen LogP) is 1.23. The molecule has 2 N–H and O–H groups in total. The molecule has 0 fully saturated rings. The average molecular weight is 240 g/mol. The summed E-state index contributed by atoms with van der Waals surface area (Å²) in [5.41, 5.74) is 5.95. The second kappa shape index (κ2) is 5.53. The van der Waals surface area contributed by atoms with Crippen LogP contribution in [0.4, 0.5) is 5.69 Å². The standard InChI is InChI=1S/C10H16N4O3/c1-4-7(6(2)11)8-9(14(15)16)10(17-3)13-5-12-8/h5-7H,4,11H2,1-3H3. The van der Waals surface area contributed by atoms with Gasteiger partial charge in [-0.15, -0.1) is 0 Å². The molecule has 0 bridgehead atoms. The molecule has 94 valence electrons. The summed E-state index contributed by atoms with van der Waals surface area (Å²) in [6.45, 7) is 3.71. The van der Waals surface area contributed by atoms with Crippen LogP contribution in [0.25, 0.3) is 0 Å². The lowest BCUT2D eigenvalue weighted by atomic mass is 9.94. The van der Waals surface area contributed by atoms with E-state index in [1.54, 1.807) is 6.92 Å². The van der Waals surface area contributed by atoms with Crippen LogP contribution in [-0.4, -0.2) is 28.0 Å². The minimum absolute atomic E-state index is 0.0286. The molecule has 2 unspecified atom stereocenters. The van der Waals surface area contributed by atoms with Crippen molar-refractivity contribution in [1.82, 2.24) is 9.97 Å². The molecule has 0 aromatic carbocycles. The molecule has 0 amide bonds. The van der Waals surface area contributed by atoms with Crippen LogP contribution >= 0.6 is 0 Å². The summed E-state index contributed by atoms with van der Waals surface area (Å²) in [5, 5.41) is 11.0. The number of nitro groups is 1. The molecule has 0 aliphatic carbocycles. The molecular formula is C10H16N4O3. The lowest BCUT2D eigenvalue weighted by Gasteiger charge is -2.18. The third-order valence-electron chi connectivity index (χ3n) is 2.62. The molecule has 2 atom stereocenters. The Labute approximate surface area is 99.2 Å². The van der Waals surface area contributed by atoms with Gasteiger partial charge in [0.1, 0.15) is 12.0 Å². The highest BCUT2D eigenvalue weighted by atomic mass is 16.6. The molecule has 17 heavy (non-hydrogen) atoms. The number of aromatic nitrogens is 2. The van der Waals surface area contributed by atoms with Crippen molar-refractivity contribution in [2.45, 2.75) is 32.2 Å². The fourth-order valence-corrected chi connectivity index (χ4v) is 1.78.